The first kappa shape index (κ1) is 19.8. The summed E-state index contributed by atoms with van der Waals surface area (Å²) in [4.78, 5) is 4.67. The minimum absolute atomic E-state index is 0.0714. The van der Waals surface area contributed by atoms with Gasteiger partial charge in [-0.25, -0.2) is 4.98 Å². The molecule has 1 unspecified atom stereocenters. The van der Waals surface area contributed by atoms with Crippen LogP contribution in [0.3, 0.4) is 0 Å². The molecule has 4 aromatic rings. The van der Waals surface area contributed by atoms with Crippen LogP contribution in [0.1, 0.15) is 29.2 Å². The third-order valence-electron chi connectivity index (χ3n) is 5.20. The highest BCUT2D eigenvalue weighted by atomic mass is 35.5. The second-order valence-electron chi connectivity index (χ2n) is 7.44. The highest BCUT2D eigenvalue weighted by Gasteiger charge is 2.26. The minimum atomic E-state index is -0.0714. The molecule has 3 aromatic carbocycles. The van der Waals surface area contributed by atoms with Gasteiger partial charge in [-0.3, -0.25) is 5.43 Å². The highest BCUT2D eigenvalue weighted by Crippen LogP contribution is 2.36. The monoisotopic (exact) mass is 445 g/mol. The summed E-state index contributed by atoms with van der Waals surface area (Å²) in [6, 6.07) is 24.2. The van der Waals surface area contributed by atoms with Gasteiger partial charge in [-0.2, -0.15) is 5.10 Å². The predicted octanol–water partition coefficient (Wildman–Crippen LogP) is 7.11. The number of anilines is 1. The van der Waals surface area contributed by atoms with Crippen LogP contribution in [-0.4, -0.2) is 10.7 Å². The van der Waals surface area contributed by atoms with E-state index < -0.39 is 0 Å². The molecule has 0 bridgehead atoms. The molecule has 5 rings (SSSR count). The fourth-order valence-corrected chi connectivity index (χ4v) is 4.39. The second-order valence-corrected chi connectivity index (χ2v) is 8.73. The zero-order valence-electron chi connectivity index (χ0n) is 16.9. The molecule has 1 aromatic heterocycles. The molecule has 0 radical (unpaired) electrons. The standard InChI is InChI=1S/C25H20ClN3OS/c1-16-7-12-23-20(13-16)21(14-24(30-23)18-5-3-2-4-6-18)28-29-25-27-22(15-31-25)17-8-10-19(26)11-9-17/h2-13,15,24H,14H2,1H3,(H,27,29). The summed E-state index contributed by atoms with van der Waals surface area (Å²) < 4.78 is 6.29. The molecule has 4 nitrogen and oxygen atoms in total. The molecule has 6 heteroatoms. The lowest BCUT2D eigenvalue weighted by molar-refractivity contribution is 0.206. The van der Waals surface area contributed by atoms with Crippen molar-refractivity contribution < 1.29 is 4.74 Å². The molecular weight excluding hydrogens is 426 g/mol. The number of fused-ring (bicyclic) bond motifs is 1. The first-order chi connectivity index (χ1) is 15.2. The van der Waals surface area contributed by atoms with Crippen LogP contribution in [0.25, 0.3) is 11.3 Å². The van der Waals surface area contributed by atoms with Crippen molar-refractivity contribution in [2.24, 2.45) is 5.10 Å². The van der Waals surface area contributed by atoms with Crippen LogP contribution < -0.4 is 10.2 Å². The van der Waals surface area contributed by atoms with Crippen molar-refractivity contribution in [3.05, 3.63) is 99.9 Å². The number of aryl methyl sites for hydroxylation is 1. The summed E-state index contributed by atoms with van der Waals surface area (Å²) in [5.41, 5.74) is 9.38. The minimum Gasteiger partial charge on any atom is -0.485 e. The van der Waals surface area contributed by atoms with Crippen molar-refractivity contribution in [2.75, 3.05) is 5.43 Å². The Morgan fingerprint density at radius 1 is 1.06 bits per heavy atom. The fraction of sp³-hybridized carbons (Fsp3) is 0.120. The van der Waals surface area contributed by atoms with Gasteiger partial charge in [0, 0.05) is 28.0 Å². The number of thiazole rings is 1. The topological polar surface area (TPSA) is 46.5 Å². The van der Waals surface area contributed by atoms with Gasteiger partial charge < -0.3 is 4.74 Å². The van der Waals surface area contributed by atoms with Crippen LogP contribution in [0.4, 0.5) is 5.13 Å². The number of hydrogen-bond donors (Lipinski definition) is 1. The van der Waals surface area contributed by atoms with Crippen molar-refractivity contribution in [3.63, 3.8) is 0 Å². The second kappa shape index (κ2) is 8.53. The normalized spacial score (nSPS) is 16.6. The SMILES string of the molecule is Cc1ccc2c(c1)C(=NNc1nc(-c3ccc(Cl)cc3)cs1)CC(c1ccccc1)O2. The van der Waals surface area contributed by atoms with Crippen LogP contribution in [-0.2, 0) is 0 Å². The van der Waals surface area contributed by atoms with Crippen LogP contribution >= 0.6 is 22.9 Å². The van der Waals surface area contributed by atoms with Gasteiger partial charge >= 0.3 is 0 Å². The number of nitrogens with zero attached hydrogens (tertiary/aromatic N) is 2. The zero-order valence-corrected chi connectivity index (χ0v) is 18.5. The maximum absolute atomic E-state index is 6.29. The molecule has 0 spiro atoms. The van der Waals surface area contributed by atoms with Crippen LogP contribution in [0.2, 0.25) is 5.02 Å². The van der Waals surface area contributed by atoms with E-state index in [0.717, 1.165) is 39.0 Å². The van der Waals surface area contributed by atoms with Crippen LogP contribution in [0.5, 0.6) is 5.75 Å². The van der Waals surface area contributed by atoms with Gasteiger partial charge in [-0.05, 0) is 36.8 Å². The Bertz CT molecular complexity index is 1240. The molecule has 0 fully saturated rings. The molecular formula is C25H20ClN3OS. The number of nitrogens with one attached hydrogen (secondary N) is 1. The third-order valence-corrected chi connectivity index (χ3v) is 6.19. The first-order valence-electron chi connectivity index (χ1n) is 10.0. The summed E-state index contributed by atoms with van der Waals surface area (Å²) in [5, 5.41) is 8.22. The Labute approximate surface area is 190 Å². The van der Waals surface area contributed by atoms with Crippen molar-refractivity contribution >= 4 is 33.8 Å². The van der Waals surface area contributed by atoms with Crippen LogP contribution in [0.15, 0.2) is 83.3 Å². The lowest BCUT2D eigenvalue weighted by Gasteiger charge is -2.27. The van der Waals surface area contributed by atoms with Gasteiger partial charge in [0.15, 0.2) is 0 Å². The molecule has 0 saturated heterocycles. The van der Waals surface area contributed by atoms with E-state index in [0.29, 0.717) is 11.4 Å². The number of aromatic nitrogens is 1. The van der Waals surface area contributed by atoms with Crippen molar-refractivity contribution in [2.45, 2.75) is 19.4 Å². The molecule has 1 aliphatic rings. The van der Waals surface area contributed by atoms with E-state index >= 15 is 0 Å². The van der Waals surface area contributed by atoms with Crippen molar-refractivity contribution in [1.82, 2.24) is 4.98 Å². The van der Waals surface area contributed by atoms with E-state index in [4.69, 9.17) is 21.4 Å². The summed E-state index contributed by atoms with van der Waals surface area (Å²) in [7, 11) is 0. The Morgan fingerprint density at radius 2 is 1.87 bits per heavy atom. The zero-order chi connectivity index (χ0) is 21.2. The summed E-state index contributed by atoms with van der Waals surface area (Å²) in [6.45, 7) is 2.08. The van der Waals surface area contributed by atoms with E-state index in [-0.39, 0.29) is 6.10 Å². The van der Waals surface area contributed by atoms with Gasteiger partial charge in [0.1, 0.15) is 11.9 Å². The molecule has 154 valence electrons. The lowest BCUT2D eigenvalue weighted by atomic mass is 9.94. The molecule has 2 heterocycles. The number of halogens is 1. The Balaban J connectivity index is 1.43. The largest absolute Gasteiger partial charge is 0.485 e. The summed E-state index contributed by atoms with van der Waals surface area (Å²) in [6.07, 6.45) is 0.612. The molecule has 0 saturated carbocycles. The van der Waals surface area contributed by atoms with Gasteiger partial charge in [0.2, 0.25) is 5.13 Å². The highest BCUT2D eigenvalue weighted by molar-refractivity contribution is 7.14. The lowest BCUT2D eigenvalue weighted by Crippen LogP contribution is -2.22. The molecule has 1 atom stereocenters. The Hall–Kier alpha value is -3.15. The number of ether oxygens (including phenoxy) is 1. The van der Waals surface area contributed by atoms with E-state index in [9.17, 15) is 0 Å². The predicted molar refractivity (Wildman–Crippen MR) is 128 cm³/mol. The van der Waals surface area contributed by atoms with Crippen molar-refractivity contribution in [3.8, 4) is 17.0 Å². The molecule has 1 aliphatic heterocycles. The van der Waals surface area contributed by atoms with Gasteiger partial charge in [-0.1, -0.05) is 65.7 Å². The number of rotatable bonds is 4. The average molecular weight is 446 g/mol. The first-order valence-corrected chi connectivity index (χ1v) is 11.3. The van der Waals surface area contributed by atoms with E-state index in [1.54, 1.807) is 0 Å². The Kier molecular flexibility index (Phi) is 5.45. The maximum atomic E-state index is 6.29. The summed E-state index contributed by atoms with van der Waals surface area (Å²) in [5.74, 6) is 0.854. The number of hydrogen-bond acceptors (Lipinski definition) is 5. The third kappa shape index (κ3) is 4.33. The van der Waals surface area contributed by atoms with Gasteiger partial charge in [0.25, 0.3) is 0 Å². The fourth-order valence-electron chi connectivity index (χ4n) is 3.61. The van der Waals surface area contributed by atoms with Crippen molar-refractivity contribution in [1.29, 1.82) is 0 Å². The Morgan fingerprint density at radius 3 is 2.68 bits per heavy atom. The number of benzene rings is 3. The molecule has 31 heavy (non-hydrogen) atoms. The molecule has 1 N–H and O–H groups in total. The smallest absolute Gasteiger partial charge is 0.203 e. The van der Waals surface area contributed by atoms with E-state index in [1.807, 2.05) is 53.9 Å². The summed E-state index contributed by atoms with van der Waals surface area (Å²) >= 11 is 7.52. The van der Waals surface area contributed by atoms with E-state index in [1.165, 1.54) is 16.9 Å². The average Bonchev–Trinajstić information content (AvgIpc) is 3.27. The molecule has 0 amide bonds. The van der Waals surface area contributed by atoms with Gasteiger partial charge in [0.05, 0.1) is 11.4 Å². The molecule has 0 aliphatic carbocycles. The maximum Gasteiger partial charge on any atom is 0.203 e. The van der Waals surface area contributed by atoms with Crippen LogP contribution in [0, 0.1) is 6.92 Å². The van der Waals surface area contributed by atoms with E-state index in [2.05, 4.69) is 41.6 Å². The number of hydrazone groups is 1. The van der Waals surface area contributed by atoms with Gasteiger partial charge in [-0.15, -0.1) is 11.3 Å². The quantitative estimate of drug-likeness (QED) is 0.340.